The lowest BCUT2D eigenvalue weighted by molar-refractivity contribution is 0.143. The molecule has 0 rings (SSSR count). The summed E-state index contributed by atoms with van der Waals surface area (Å²) in [5.74, 6) is 0. The lowest BCUT2D eigenvalue weighted by Crippen LogP contribution is -2.38. The smallest absolute Gasteiger partial charge is 0.0589 e. The first-order valence-corrected chi connectivity index (χ1v) is 4.06. The first-order valence-electron chi connectivity index (χ1n) is 4.06. The molecule has 0 aromatic carbocycles. The topological polar surface area (TPSA) is 24.5 Å². The molecule has 68 valence electrons. The van der Waals surface area contributed by atoms with Gasteiger partial charge in [0.25, 0.3) is 0 Å². The van der Waals surface area contributed by atoms with Gasteiger partial charge in [-0.15, -0.1) is 0 Å². The Morgan fingerprint density at radius 2 is 2.18 bits per heavy atom. The minimum atomic E-state index is 0.579. The third kappa shape index (κ3) is 5.18. The number of rotatable bonds is 6. The van der Waals surface area contributed by atoms with Crippen molar-refractivity contribution in [3.8, 4) is 0 Å². The quantitative estimate of drug-likeness (QED) is 0.599. The summed E-state index contributed by atoms with van der Waals surface area (Å²) in [6.45, 7) is 5.04. The van der Waals surface area contributed by atoms with Crippen LogP contribution in [0.15, 0.2) is 0 Å². The zero-order valence-corrected chi connectivity index (χ0v) is 8.05. The van der Waals surface area contributed by atoms with E-state index in [-0.39, 0.29) is 0 Å². The first-order chi connectivity index (χ1) is 5.22. The van der Waals surface area contributed by atoms with Crippen LogP contribution in [0.1, 0.15) is 6.92 Å². The van der Waals surface area contributed by atoms with Gasteiger partial charge in [0.1, 0.15) is 0 Å². The fraction of sp³-hybridized carbons (Fsp3) is 1.00. The maximum atomic E-state index is 4.98. The van der Waals surface area contributed by atoms with Crippen LogP contribution in [-0.2, 0) is 4.74 Å². The summed E-state index contributed by atoms with van der Waals surface area (Å²) in [5.41, 5.74) is 0. The summed E-state index contributed by atoms with van der Waals surface area (Å²) < 4.78 is 4.98. The number of ether oxygens (including phenoxy) is 1. The van der Waals surface area contributed by atoms with Crippen molar-refractivity contribution >= 4 is 0 Å². The standard InChI is InChI=1S/C8H20N2O/c1-8(7-9-2)10(3)5-6-11-4/h8-9H,5-7H2,1-4H3. The third-order valence-corrected chi connectivity index (χ3v) is 1.90. The predicted octanol–water partition coefficient (Wildman–Crippen LogP) is 0.173. The van der Waals surface area contributed by atoms with Crippen LogP contribution in [0.3, 0.4) is 0 Å². The Kier molecular flexibility index (Phi) is 6.51. The van der Waals surface area contributed by atoms with Crippen LogP contribution in [0.2, 0.25) is 0 Å². The normalized spacial score (nSPS) is 13.9. The average Bonchev–Trinajstić information content (AvgIpc) is 2.00. The SMILES string of the molecule is CNCC(C)N(C)CCOC. The number of methoxy groups -OCH3 is 1. The molecule has 11 heavy (non-hydrogen) atoms. The number of nitrogens with zero attached hydrogens (tertiary/aromatic N) is 1. The molecule has 0 heterocycles. The van der Waals surface area contributed by atoms with Crippen LogP contribution < -0.4 is 5.32 Å². The molecule has 0 aromatic heterocycles. The van der Waals surface area contributed by atoms with Crippen molar-refractivity contribution in [1.29, 1.82) is 0 Å². The van der Waals surface area contributed by atoms with E-state index in [1.807, 2.05) is 7.05 Å². The molecule has 0 spiro atoms. The molecular weight excluding hydrogens is 140 g/mol. The second-order valence-electron chi connectivity index (χ2n) is 2.88. The summed E-state index contributed by atoms with van der Waals surface area (Å²) in [4.78, 5) is 2.28. The van der Waals surface area contributed by atoms with Crippen molar-refractivity contribution in [3.05, 3.63) is 0 Å². The van der Waals surface area contributed by atoms with E-state index in [0.717, 1.165) is 19.7 Å². The summed E-state index contributed by atoms with van der Waals surface area (Å²) in [5, 5.41) is 3.14. The Morgan fingerprint density at radius 1 is 1.55 bits per heavy atom. The summed E-state index contributed by atoms with van der Waals surface area (Å²) in [7, 11) is 5.82. The lowest BCUT2D eigenvalue weighted by Gasteiger charge is -2.23. The van der Waals surface area contributed by atoms with Crippen LogP contribution in [0.5, 0.6) is 0 Å². The van der Waals surface area contributed by atoms with Crippen LogP contribution >= 0.6 is 0 Å². The molecular formula is C8H20N2O. The van der Waals surface area contributed by atoms with E-state index >= 15 is 0 Å². The van der Waals surface area contributed by atoms with E-state index < -0.39 is 0 Å². The lowest BCUT2D eigenvalue weighted by atomic mass is 10.3. The van der Waals surface area contributed by atoms with Crippen molar-refractivity contribution in [2.24, 2.45) is 0 Å². The second kappa shape index (κ2) is 6.58. The van der Waals surface area contributed by atoms with Gasteiger partial charge in [0.2, 0.25) is 0 Å². The fourth-order valence-electron chi connectivity index (χ4n) is 0.907. The van der Waals surface area contributed by atoms with E-state index in [0.29, 0.717) is 6.04 Å². The maximum Gasteiger partial charge on any atom is 0.0589 e. The van der Waals surface area contributed by atoms with Gasteiger partial charge in [-0.25, -0.2) is 0 Å². The molecule has 3 heteroatoms. The molecule has 1 unspecified atom stereocenters. The van der Waals surface area contributed by atoms with Crippen molar-refractivity contribution in [2.45, 2.75) is 13.0 Å². The molecule has 1 N–H and O–H groups in total. The molecule has 0 amide bonds. The van der Waals surface area contributed by atoms with Gasteiger partial charge in [0.05, 0.1) is 6.61 Å². The van der Waals surface area contributed by atoms with E-state index in [1.54, 1.807) is 7.11 Å². The summed E-state index contributed by atoms with van der Waals surface area (Å²) in [6.07, 6.45) is 0. The minimum Gasteiger partial charge on any atom is -0.383 e. The van der Waals surface area contributed by atoms with Crippen molar-refractivity contribution < 1.29 is 4.74 Å². The average molecular weight is 160 g/mol. The van der Waals surface area contributed by atoms with Gasteiger partial charge in [0.15, 0.2) is 0 Å². The Bertz CT molecular complexity index is 88.2. The summed E-state index contributed by atoms with van der Waals surface area (Å²) >= 11 is 0. The zero-order valence-electron chi connectivity index (χ0n) is 8.05. The highest BCUT2D eigenvalue weighted by molar-refractivity contribution is 4.64. The van der Waals surface area contributed by atoms with Gasteiger partial charge < -0.3 is 15.0 Å². The van der Waals surface area contributed by atoms with E-state index in [4.69, 9.17) is 4.74 Å². The second-order valence-corrected chi connectivity index (χ2v) is 2.88. The number of hydrogen-bond acceptors (Lipinski definition) is 3. The van der Waals surface area contributed by atoms with Gasteiger partial charge in [0, 0.05) is 26.2 Å². The predicted molar refractivity (Wildman–Crippen MR) is 47.9 cm³/mol. The van der Waals surface area contributed by atoms with E-state index in [2.05, 4.69) is 24.2 Å². The van der Waals surface area contributed by atoms with Crippen molar-refractivity contribution in [1.82, 2.24) is 10.2 Å². The van der Waals surface area contributed by atoms with Gasteiger partial charge in [-0.05, 0) is 21.0 Å². The Balaban J connectivity index is 3.38. The van der Waals surface area contributed by atoms with Gasteiger partial charge in [-0.1, -0.05) is 0 Å². The Labute approximate surface area is 69.7 Å². The molecule has 0 aliphatic carbocycles. The first kappa shape index (κ1) is 10.9. The number of likely N-dealkylation sites (N-methyl/N-ethyl adjacent to an activating group) is 2. The Hall–Kier alpha value is -0.120. The Morgan fingerprint density at radius 3 is 2.64 bits per heavy atom. The number of hydrogen-bond donors (Lipinski definition) is 1. The van der Waals surface area contributed by atoms with Crippen LogP contribution in [0.4, 0.5) is 0 Å². The monoisotopic (exact) mass is 160 g/mol. The zero-order chi connectivity index (χ0) is 8.69. The third-order valence-electron chi connectivity index (χ3n) is 1.90. The van der Waals surface area contributed by atoms with Gasteiger partial charge >= 0.3 is 0 Å². The molecule has 0 radical (unpaired) electrons. The molecule has 3 nitrogen and oxygen atoms in total. The molecule has 1 atom stereocenters. The largest absolute Gasteiger partial charge is 0.383 e. The molecule has 0 saturated carbocycles. The van der Waals surface area contributed by atoms with E-state index in [1.165, 1.54) is 0 Å². The van der Waals surface area contributed by atoms with E-state index in [9.17, 15) is 0 Å². The fourth-order valence-corrected chi connectivity index (χ4v) is 0.907. The highest BCUT2D eigenvalue weighted by atomic mass is 16.5. The maximum absolute atomic E-state index is 4.98. The van der Waals surface area contributed by atoms with Gasteiger partial charge in [-0.3, -0.25) is 0 Å². The number of nitrogens with one attached hydrogen (secondary N) is 1. The molecule has 0 bridgehead atoms. The van der Waals surface area contributed by atoms with Crippen LogP contribution in [0, 0.1) is 0 Å². The summed E-state index contributed by atoms with van der Waals surface area (Å²) in [6, 6.07) is 0.579. The van der Waals surface area contributed by atoms with Crippen LogP contribution in [0.25, 0.3) is 0 Å². The molecule has 0 aliphatic heterocycles. The molecule has 0 saturated heterocycles. The molecule has 0 aromatic rings. The van der Waals surface area contributed by atoms with Crippen LogP contribution in [-0.4, -0.2) is 51.8 Å². The highest BCUT2D eigenvalue weighted by Crippen LogP contribution is 1.92. The van der Waals surface area contributed by atoms with Crippen molar-refractivity contribution in [2.75, 3.05) is 40.9 Å². The highest BCUT2D eigenvalue weighted by Gasteiger charge is 2.05. The molecule has 0 aliphatic rings. The van der Waals surface area contributed by atoms with Gasteiger partial charge in [-0.2, -0.15) is 0 Å². The van der Waals surface area contributed by atoms with Crippen molar-refractivity contribution in [3.63, 3.8) is 0 Å². The molecule has 0 fully saturated rings. The minimum absolute atomic E-state index is 0.579.